The van der Waals surface area contributed by atoms with Gasteiger partial charge in [-0.05, 0) is 19.4 Å². The fraction of sp³-hybridized carbons (Fsp3) is 0.429. The summed E-state index contributed by atoms with van der Waals surface area (Å²) >= 11 is 5.86. The number of rotatable bonds is 7. The van der Waals surface area contributed by atoms with Crippen LogP contribution >= 0.6 is 11.6 Å². The Bertz CT molecular complexity index is 490. The van der Waals surface area contributed by atoms with Crippen LogP contribution in [-0.2, 0) is 4.79 Å². The van der Waals surface area contributed by atoms with Crippen LogP contribution in [0.4, 0.5) is 0 Å². The Labute approximate surface area is 123 Å². The zero-order chi connectivity index (χ0) is 15.1. The summed E-state index contributed by atoms with van der Waals surface area (Å²) in [5, 5.41) is 3.13. The largest absolute Gasteiger partial charge is 0.493 e. The second kappa shape index (κ2) is 7.75. The first-order valence-corrected chi connectivity index (χ1v) is 6.64. The van der Waals surface area contributed by atoms with E-state index < -0.39 is 0 Å². The van der Waals surface area contributed by atoms with E-state index in [-0.39, 0.29) is 29.9 Å². The highest BCUT2D eigenvalue weighted by molar-refractivity contribution is 6.31. The normalized spacial score (nSPS) is 11.6. The van der Waals surface area contributed by atoms with E-state index in [1.807, 2.05) is 13.8 Å². The molecule has 0 aliphatic heterocycles. The van der Waals surface area contributed by atoms with Crippen LogP contribution in [0.5, 0.6) is 11.5 Å². The number of carbonyl (C=O) groups excluding carboxylic acids is 2. The number of ether oxygens (including phenoxy) is 2. The van der Waals surface area contributed by atoms with E-state index in [1.165, 1.54) is 19.2 Å². The molecule has 0 aliphatic carbocycles. The van der Waals surface area contributed by atoms with E-state index in [4.69, 9.17) is 21.1 Å². The minimum absolute atomic E-state index is 0.0729. The molecular formula is C14H18ClNO4. The van der Waals surface area contributed by atoms with Gasteiger partial charge < -0.3 is 14.8 Å². The molecule has 0 heterocycles. The molecule has 1 aromatic carbocycles. The third kappa shape index (κ3) is 4.42. The average molecular weight is 300 g/mol. The molecule has 110 valence electrons. The number of aldehydes is 1. The van der Waals surface area contributed by atoms with Crippen LogP contribution in [-0.4, -0.2) is 32.0 Å². The van der Waals surface area contributed by atoms with Gasteiger partial charge in [-0.3, -0.25) is 9.59 Å². The van der Waals surface area contributed by atoms with Gasteiger partial charge in [0.05, 0.1) is 12.7 Å². The Morgan fingerprint density at radius 3 is 2.75 bits per heavy atom. The molecule has 0 bridgehead atoms. The second-order valence-corrected chi connectivity index (χ2v) is 4.75. The first-order valence-electron chi connectivity index (χ1n) is 6.26. The molecule has 0 saturated carbocycles. The number of benzene rings is 1. The van der Waals surface area contributed by atoms with Crippen molar-refractivity contribution in [3.05, 3.63) is 22.7 Å². The lowest BCUT2D eigenvalue weighted by Crippen LogP contribution is -2.35. The lowest BCUT2D eigenvalue weighted by molar-refractivity contribution is -0.123. The van der Waals surface area contributed by atoms with Crippen LogP contribution in [0.15, 0.2) is 12.1 Å². The number of methoxy groups -OCH3 is 1. The second-order valence-electron chi connectivity index (χ2n) is 4.31. The van der Waals surface area contributed by atoms with Gasteiger partial charge in [0.25, 0.3) is 5.91 Å². The quantitative estimate of drug-likeness (QED) is 0.786. The lowest BCUT2D eigenvalue weighted by atomic mass is 10.2. The van der Waals surface area contributed by atoms with Gasteiger partial charge in [-0.2, -0.15) is 0 Å². The van der Waals surface area contributed by atoms with Gasteiger partial charge >= 0.3 is 0 Å². The summed E-state index contributed by atoms with van der Waals surface area (Å²) in [5.41, 5.74) is 0.241. The third-order valence-corrected chi connectivity index (χ3v) is 2.98. The summed E-state index contributed by atoms with van der Waals surface area (Å²) < 4.78 is 10.5. The molecule has 0 radical (unpaired) electrons. The predicted molar refractivity (Wildman–Crippen MR) is 76.8 cm³/mol. The maximum absolute atomic E-state index is 11.7. The van der Waals surface area contributed by atoms with Crippen molar-refractivity contribution in [2.75, 3.05) is 13.7 Å². The molecule has 1 rings (SSSR count). The molecule has 0 spiro atoms. The number of hydrogen-bond donors (Lipinski definition) is 1. The van der Waals surface area contributed by atoms with E-state index >= 15 is 0 Å². The molecule has 1 amide bonds. The number of carbonyl (C=O) groups is 2. The molecule has 1 aromatic rings. The number of amides is 1. The van der Waals surface area contributed by atoms with E-state index in [0.29, 0.717) is 17.1 Å². The Hall–Kier alpha value is -1.75. The summed E-state index contributed by atoms with van der Waals surface area (Å²) in [6.07, 6.45) is 1.44. The van der Waals surface area contributed by atoms with Crippen molar-refractivity contribution in [1.29, 1.82) is 0 Å². The van der Waals surface area contributed by atoms with E-state index in [2.05, 4.69) is 5.32 Å². The molecule has 1 unspecified atom stereocenters. The number of nitrogens with one attached hydrogen (secondary N) is 1. The van der Waals surface area contributed by atoms with Crippen LogP contribution in [0.2, 0.25) is 5.02 Å². The van der Waals surface area contributed by atoms with Gasteiger partial charge in [-0.1, -0.05) is 18.5 Å². The van der Waals surface area contributed by atoms with E-state index in [1.54, 1.807) is 0 Å². The lowest BCUT2D eigenvalue weighted by Gasteiger charge is -2.15. The van der Waals surface area contributed by atoms with Gasteiger partial charge in [-0.25, -0.2) is 0 Å². The van der Waals surface area contributed by atoms with Gasteiger partial charge in [0.2, 0.25) is 0 Å². The summed E-state index contributed by atoms with van der Waals surface area (Å²) in [6.45, 7) is 3.68. The standard InChI is InChI=1S/C14H18ClNO4/c1-4-9(2)16-13(18)8-20-14-10(7-17)5-11(15)6-12(14)19-3/h5-7,9H,4,8H2,1-3H3,(H,16,18). The highest BCUT2D eigenvalue weighted by Crippen LogP contribution is 2.33. The Kier molecular flexibility index (Phi) is 6.31. The van der Waals surface area contributed by atoms with Gasteiger partial charge in [0, 0.05) is 17.1 Å². The fourth-order valence-electron chi connectivity index (χ4n) is 1.54. The van der Waals surface area contributed by atoms with Crippen molar-refractivity contribution in [2.24, 2.45) is 0 Å². The van der Waals surface area contributed by atoms with Gasteiger partial charge in [0.1, 0.15) is 0 Å². The Balaban J connectivity index is 2.81. The number of hydrogen-bond acceptors (Lipinski definition) is 4. The minimum Gasteiger partial charge on any atom is -0.493 e. The molecule has 0 aliphatic rings. The SMILES string of the molecule is CCC(C)NC(=O)COc1c(C=O)cc(Cl)cc1OC. The van der Waals surface area contributed by atoms with Crippen LogP contribution < -0.4 is 14.8 Å². The number of halogens is 1. The highest BCUT2D eigenvalue weighted by Gasteiger charge is 2.14. The van der Waals surface area contributed by atoms with Gasteiger partial charge in [-0.15, -0.1) is 0 Å². The van der Waals surface area contributed by atoms with Crippen LogP contribution in [0.3, 0.4) is 0 Å². The van der Waals surface area contributed by atoms with Crippen molar-refractivity contribution < 1.29 is 19.1 Å². The summed E-state index contributed by atoms with van der Waals surface area (Å²) in [6, 6.07) is 3.05. The molecule has 1 atom stereocenters. The van der Waals surface area contributed by atoms with E-state index in [9.17, 15) is 9.59 Å². The Morgan fingerprint density at radius 1 is 1.50 bits per heavy atom. The molecule has 5 nitrogen and oxygen atoms in total. The summed E-state index contributed by atoms with van der Waals surface area (Å²) in [4.78, 5) is 22.7. The topological polar surface area (TPSA) is 64.6 Å². The fourth-order valence-corrected chi connectivity index (χ4v) is 1.76. The van der Waals surface area contributed by atoms with Crippen LogP contribution in [0.1, 0.15) is 30.6 Å². The maximum Gasteiger partial charge on any atom is 0.258 e. The third-order valence-electron chi connectivity index (χ3n) is 2.76. The molecule has 0 saturated heterocycles. The van der Waals surface area contributed by atoms with Gasteiger partial charge in [0.15, 0.2) is 24.4 Å². The summed E-state index contributed by atoms with van der Waals surface area (Å²) in [7, 11) is 1.44. The van der Waals surface area contributed by atoms with Crippen molar-refractivity contribution in [2.45, 2.75) is 26.3 Å². The molecular weight excluding hydrogens is 282 g/mol. The van der Waals surface area contributed by atoms with Crippen molar-refractivity contribution in [1.82, 2.24) is 5.32 Å². The summed E-state index contributed by atoms with van der Waals surface area (Å²) in [5.74, 6) is 0.273. The van der Waals surface area contributed by atoms with Crippen LogP contribution in [0, 0.1) is 0 Å². The van der Waals surface area contributed by atoms with E-state index in [0.717, 1.165) is 6.42 Å². The zero-order valence-electron chi connectivity index (χ0n) is 11.7. The molecule has 1 N–H and O–H groups in total. The first kappa shape index (κ1) is 16.3. The highest BCUT2D eigenvalue weighted by atomic mass is 35.5. The molecule has 0 aromatic heterocycles. The van der Waals surface area contributed by atoms with Crippen LogP contribution in [0.25, 0.3) is 0 Å². The molecule has 6 heteroatoms. The monoisotopic (exact) mass is 299 g/mol. The zero-order valence-corrected chi connectivity index (χ0v) is 12.5. The first-order chi connectivity index (χ1) is 9.51. The average Bonchev–Trinajstić information content (AvgIpc) is 2.44. The van der Waals surface area contributed by atoms with Crippen molar-refractivity contribution >= 4 is 23.8 Å². The minimum atomic E-state index is -0.256. The predicted octanol–water partition coefficient (Wildman–Crippen LogP) is 2.45. The Morgan fingerprint density at radius 2 is 2.20 bits per heavy atom. The smallest absolute Gasteiger partial charge is 0.258 e. The maximum atomic E-state index is 11.7. The molecule has 0 fully saturated rings. The van der Waals surface area contributed by atoms with Crippen molar-refractivity contribution in [3.63, 3.8) is 0 Å². The van der Waals surface area contributed by atoms with Crippen molar-refractivity contribution in [3.8, 4) is 11.5 Å². The molecule has 20 heavy (non-hydrogen) atoms.